The van der Waals surface area contributed by atoms with Gasteiger partial charge in [-0.1, -0.05) is 19.9 Å². The van der Waals surface area contributed by atoms with Crippen molar-refractivity contribution in [3.8, 4) is 0 Å². The molecule has 1 aromatic rings. The molecule has 3 heteroatoms. The first kappa shape index (κ1) is 16.4. The smallest absolute Gasteiger partial charge is 0.0876 e. The number of nitrogens with one attached hydrogen (secondary N) is 1. The second kappa shape index (κ2) is 7.37. The SMILES string of the molecule is CCNC(c1cncc(C)c1)C1(OCC)CCC(C)CC1. The van der Waals surface area contributed by atoms with Gasteiger partial charge in [0.25, 0.3) is 0 Å². The van der Waals surface area contributed by atoms with Crippen molar-refractivity contribution in [1.82, 2.24) is 10.3 Å². The number of rotatable bonds is 6. The Morgan fingerprint density at radius 1 is 1.33 bits per heavy atom. The number of nitrogens with zero attached hydrogens (tertiary/aromatic N) is 1. The van der Waals surface area contributed by atoms with Crippen LogP contribution in [0.3, 0.4) is 0 Å². The molecule has 1 aromatic heterocycles. The Kier molecular flexibility index (Phi) is 5.77. The van der Waals surface area contributed by atoms with E-state index in [0.29, 0.717) is 0 Å². The van der Waals surface area contributed by atoms with Gasteiger partial charge in [-0.3, -0.25) is 4.98 Å². The molecular formula is C18H30N2O. The van der Waals surface area contributed by atoms with Gasteiger partial charge in [0.15, 0.2) is 0 Å². The van der Waals surface area contributed by atoms with E-state index in [2.05, 4.69) is 44.1 Å². The Balaban J connectivity index is 2.32. The van der Waals surface area contributed by atoms with Gasteiger partial charge in [0.05, 0.1) is 11.6 Å². The molecule has 1 aliphatic carbocycles. The van der Waals surface area contributed by atoms with E-state index in [1.807, 2.05) is 12.4 Å². The van der Waals surface area contributed by atoms with Crippen molar-refractivity contribution < 1.29 is 4.74 Å². The second-order valence-electron chi connectivity index (χ2n) is 6.47. The van der Waals surface area contributed by atoms with Crippen LogP contribution < -0.4 is 5.32 Å². The lowest BCUT2D eigenvalue weighted by Gasteiger charge is -2.45. The van der Waals surface area contributed by atoms with E-state index in [9.17, 15) is 0 Å². The molecule has 1 heterocycles. The molecule has 0 aliphatic heterocycles. The Bertz CT molecular complexity index is 439. The number of likely N-dealkylation sites (N-methyl/N-ethyl adjacent to an activating group) is 1. The van der Waals surface area contributed by atoms with Crippen molar-refractivity contribution in [2.45, 2.75) is 65.0 Å². The first-order valence-corrected chi connectivity index (χ1v) is 8.40. The summed E-state index contributed by atoms with van der Waals surface area (Å²) >= 11 is 0. The molecule has 1 atom stereocenters. The van der Waals surface area contributed by atoms with Crippen LogP contribution in [-0.4, -0.2) is 23.7 Å². The van der Waals surface area contributed by atoms with Crippen LogP contribution in [0.4, 0.5) is 0 Å². The molecule has 21 heavy (non-hydrogen) atoms. The molecule has 1 fully saturated rings. The molecule has 1 unspecified atom stereocenters. The number of aromatic nitrogens is 1. The average molecular weight is 290 g/mol. The fraction of sp³-hybridized carbons (Fsp3) is 0.722. The molecule has 1 saturated carbocycles. The third kappa shape index (κ3) is 3.83. The highest BCUT2D eigenvalue weighted by Crippen LogP contribution is 2.43. The molecule has 2 rings (SSSR count). The lowest BCUT2D eigenvalue weighted by molar-refractivity contribution is -0.0974. The van der Waals surface area contributed by atoms with Crippen molar-refractivity contribution in [3.63, 3.8) is 0 Å². The topological polar surface area (TPSA) is 34.2 Å². The van der Waals surface area contributed by atoms with E-state index in [4.69, 9.17) is 4.74 Å². The van der Waals surface area contributed by atoms with Crippen LogP contribution in [0.5, 0.6) is 0 Å². The number of ether oxygens (including phenoxy) is 1. The van der Waals surface area contributed by atoms with Gasteiger partial charge >= 0.3 is 0 Å². The van der Waals surface area contributed by atoms with Crippen molar-refractivity contribution in [2.75, 3.05) is 13.2 Å². The summed E-state index contributed by atoms with van der Waals surface area (Å²) < 4.78 is 6.34. The van der Waals surface area contributed by atoms with Crippen LogP contribution in [0.1, 0.15) is 63.6 Å². The molecule has 0 saturated heterocycles. The molecule has 1 aliphatic rings. The monoisotopic (exact) mass is 290 g/mol. The second-order valence-corrected chi connectivity index (χ2v) is 6.47. The molecule has 0 spiro atoms. The largest absolute Gasteiger partial charge is 0.373 e. The maximum atomic E-state index is 6.34. The van der Waals surface area contributed by atoms with E-state index in [-0.39, 0.29) is 11.6 Å². The lowest BCUT2D eigenvalue weighted by atomic mass is 9.73. The van der Waals surface area contributed by atoms with Gasteiger partial charge in [-0.25, -0.2) is 0 Å². The van der Waals surface area contributed by atoms with Gasteiger partial charge in [-0.15, -0.1) is 0 Å². The third-order valence-electron chi connectivity index (χ3n) is 4.72. The van der Waals surface area contributed by atoms with Crippen LogP contribution >= 0.6 is 0 Å². The molecule has 0 bridgehead atoms. The zero-order chi connectivity index (χ0) is 15.3. The standard InChI is InChI=1S/C18H30N2O/c1-5-20-17(16-11-15(4)12-19-13-16)18(21-6-2)9-7-14(3)8-10-18/h11-14,17,20H,5-10H2,1-4H3. The average Bonchev–Trinajstić information content (AvgIpc) is 2.48. The minimum Gasteiger partial charge on any atom is -0.373 e. The molecule has 3 nitrogen and oxygen atoms in total. The van der Waals surface area contributed by atoms with E-state index >= 15 is 0 Å². The predicted octanol–water partition coefficient (Wildman–Crippen LogP) is 4.03. The third-order valence-corrected chi connectivity index (χ3v) is 4.72. The maximum absolute atomic E-state index is 6.34. The summed E-state index contributed by atoms with van der Waals surface area (Å²) in [7, 11) is 0. The van der Waals surface area contributed by atoms with E-state index < -0.39 is 0 Å². The van der Waals surface area contributed by atoms with Crippen molar-refractivity contribution in [3.05, 3.63) is 29.6 Å². The van der Waals surface area contributed by atoms with Crippen molar-refractivity contribution >= 4 is 0 Å². The zero-order valence-electron chi connectivity index (χ0n) is 14.0. The summed E-state index contributed by atoms with van der Waals surface area (Å²) in [5, 5.41) is 3.67. The van der Waals surface area contributed by atoms with Crippen LogP contribution in [-0.2, 0) is 4.74 Å². The molecule has 0 radical (unpaired) electrons. The molecule has 118 valence electrons. The van der Waals surface area contributed by atoms with Gasteiger partial charge in [0.1, 0.15) is 0 Å². The van der Waals surface area contributed by atoms with Crippen LogP contribution in [0, 0.1) is 12.8 Å². The summed E-state index contributed by atoms with van der Waals surface area (Å²) in [6.07, 6.45) is 8.69. The molecule has 0 aromatic carbocycles. The van der Waals surface area contributed by atoms with E-state index in [0.717, 1.165) is 31.9 Å². The minimum atomic E-state index is -0.0766. The quantitative estimate of drug-likeness (QED) is 0.859. The van der Waals surface area contributed by atoms with Crippen LogP contribution in [0.15, 0.2) is 18.5 Å². The molecule has 0 amide bonds. The Hall–Kier alpha value is -0.930. The Labute approximate surface area is 129 Å². The number of pyridine rings is 1. The van der Waals surface area contributed by atoms with Gasteiger partial charge in [0, 0.05) is 19.0 Å². The summed E-state index contributed by atoms with van der Waals surface area (Å²) in [5.41, 5.74) is 2.40. The predicted molar refractivity (Wildman–Crippen MR) is 87.4 cm³/mol. The minimum absolute atomic E-state index is 0.0766. The Morgan fingerprint density at radius 3 is 2.62 bits per heavy atom. The number of aryl methyl sites for hydroxylation is 1. The van der Waals surface area contributed by atoms with Gasteiger partial charge in [-0.2, -0.15) is 0 Å². The number of hydrogen-bond donors (Lipinski definition) is 1. The highest BCUT2D eigenvalue weighted by molar-refractivity contribution is 5.24. The van der Waals surface area contributed by atoms with E-state index in [1.165, 1.54) is 24.0 Å². The fourth-order valence-electron chi connectivity index (χ4n) is 3.60. The Morgan fingerprint density at radius 2 is 2.05 bits per heavy atom. The van der Waals surface area contributed by atoms with E-state index in [1.54, 1.807) is 0 Å². The fourth-order valence-corrected chi connectivity index (χ4v) is 3.60. The van der Waals surface area contributed by atoms with Gasteiger partial charge < -0.3 is 10.1 Å². The van der Waals surface area contributed by atoms with Gasteiger partial charge in [0.2, 0.25) is 0 Å². The first-order valence-electron chi connectivity index (χ1n) is 8.40. The zero-order valence-corrected chi connectivity index (χ0v) is 14.0. The summed E-state index contributed by atoms with van der Waals surface area (Å²) in [6, 6.07) is 2.49. The highest BCUT2D eigenvalue weighted by atomic mass is 16.5. The number of hydrogen-bond acceptors (Lipinski definition) is 3. The van der Waals surface area contributed by atoms with Crippen molar-refractivity contribution in [2.24, 2.45) is 5.92 Å². The molecule has 1 N–H and O–H groups in total. The molecular weight excluding hydrogens is 260 g/mol. The first-order chi connectivity index (χ1) is 10.1. The normalized spacial score (nSPS) is 27.5. The summed E-state index contributed by atoms with van der Waals surface area (Å²) in [6.45, 7) is 10.5. The van der Waals surface area contributed by atoms with Crippen LogP contribution in [0.25, 0.3) is 0 Å². The highest BCUT2D eigenvalue weighted by Gasteiger charge is 2.42. The van der Waals surface area contributed by atoms with Gasteiger partial charge in [-0.05, 0) is 63.1 Å². The van der Waals surface area contributed by atoms with Crippen molar-refractivity contribution in [1.29, 1.82) is 0 Å². The summed E-state index contributed by atoms with van der Waals surface area (Å²) in [4.78, 5) is 4.39. The summed E-state index contributed by atoms with van der Waals surface area (Å²) in [5.74, 6) is 0.816. The van der Waals surface area contributed by atoms with Crippen LogP contribution in [0.2, 0.25) is 0 Å². The lowest BCUT2D eigenvalue weighted by Crippen LogP contribution is -2.48. The maximum Gasteiger partial charge on any atom is 0.0876 e.